The van der Waals surface area contributed by atoms with E-state index in [-0.39, 0.29) is 0 Å². The van der Waals surface area contributed by atoms with Gasteiger partial charge in [0.05, 0.1) is 6.54 Å². The van der Waals surface area contributed by atoms with Gasteiger partial charge in [-0.3, -0.25) is 4.57 Å². The molecule has 0 bridgehead atoms. The highest BCUT2D eigenvalue weighted by Gasteiger charge is 2.20. The van der Waals surface area contributed by atoms with Crippen LogP contribution in [0, 0.1) is 12.4 Å². The minimum atomic E-state index is 0.871. The van der Waals surface area contributed by atoms with Crippen LogP contribution in [-0.2, 0) is 13.6 Å². The van der Waals surface area contributed by atoms with Crippen LogP contribution in [0.2, 0.25) is 0 Å². The van der Waals surface area contributed by atoms with Crippen LogP contribution in [0.4, 0.5) is 0 Å². The van der Waals surface area contributed by atoms with E-state index in [1.807, 2.05) is 6.07 Å². The molecule has 4 nitrogen and oxygen atoms in total. The van der Waals surface area contributed by atoms with Gasteiger partial charge in [0.15, 0.2) is 0 Å². The first-order valence-electron chi connectivity index (χ1n) is 6.94. The van der Waals surface area contributed by atoms with Crippen LogP contribution in [0.15, 0.2) is 47.6 Å². The van der Waals surface area contributed by atoms with E-state index >= 15 is 0 Å². The third-order valence-electron chi connectivity index (χ3n) is 4.01. The van der Waals surface area contributed by atoms with Crippen molar-refractivity contribution in [2.24, 2.45) is 12.0 Å². The van der Waals surface area contributed by atoms with Gasteiger partial charge in [-0.05, 0) is 24.6 Å². The van der Waals surface area contributed by atoms with Crippen molar-refractivity contribution >= 4 is 11.0 Å². The van der Waals surface area contributed by atoms with E-state index in [4.69, 9.17) is 4.99 Å². The summed E-state index contributed by atoms with van der Waals surface area (Å²) in [7, 11) is 2.07. The lowest BCUT2D eigenvalue weighted by atomic mass is 10.2. The van der Waals surface area contributed by atoms with Crippen LogP contribution in [0.3, 0.4) is 0 Å². The summed E-state index contributed by atoms with van der Waals surface area (Å²) in [5.41, 5.74) is 6.00. The second kappa shape index (κ2) is 4.07. The fourth-order valence-electron chi connectivity index (χ4n) is 3.07. The lowest BCUT2D eigenvalue weighted by Crippen LogP contribution is -2.39. The van der Waals surface area contributed by atoms with Gasteiger partial charge < -0.3 is 0 Å². The highest BCUT2D eigenvalue weighted by atomic mass is 15.2. The third-order valence-corrected chi connectivity index (χ3v) is 4.01. The van der Waals surface area contributed by atoms with Gasteiger partial charge in [0.2, 0.25) is 5.49 Å². The number of pyridine rings is 1. The molecular formula is C16H17N4+. The molecule has 0 atom stereocenters. The highest BCUT2D eigenvalue weighted by molar-refractivity contribution is 5.75. The summed E-state index contributed by atoms with van der Waals surface area (Å²) in [6.45, 7) is 4.01. The SMILES string of the molecule is Cc1cccc2c1/[n+](=c1/ccccn1C)c1n2CCN=1. The highest BCUT2D eigenvalue weighted by Crippen LogP contribution is 2.14. The van der Waals surface area contributed by atoms with Gasteiger partial charge in [-0.25, -0.2) is 4.57 Å². The molecule has 20 heavy (non-hydrogen) atoms. The standard InChI is InChI=1S/C16H17N4/c1-12-6-5-7-13-15(12)20(16-17-9-11-19(13)16)14-8-3-4-10-18(14)2/h3-8,10H,9,11H2,1-2H3/q+1. The lowest BCUT2D eigenvalue weighted by molar-refractivity contribution is -0.506. The number of hydrogen-bond acceptors (Lipinski definition) is 1. The van der Waals surface area contributed by atoms with Crippen molar-refractivity contribution in [1.29, 1.82) is 0 Å². The number of hydrogen-bond donors (Lipinski definition) is 0. The molecule has 0 unspecified atom stereocenters. The van der Waals surface area contributed by atoms with Crippen LogP contribution in [0.5, 0.6) is 0 Å². The number of para-hydroxylation sites is 1. The summed E-state index contributed by atoms with van der Waals surface area (Å²) >= 11 is 0. The van der Waals surface area contributed by atoms with Crippen LogP contribution in [0.25, 0.3) is 11.0 Å². The molecule has 3 heterocycles. The van der Waals surface area contributed by atoms with Crippen molar-refractivity contribution in [2.75, 3.05) is 6.54 Å². The summed E-state index contributed by atoms with van der Waals surface area (Å²) in [5, 5.41) is 0. The molecule has 1 aliphatic rings. The van der Waals surface area contributed by atoms with E-state index in [0.717, 1.165) is 24.2 Å². The van der Waals surface area contributed by atoms with Crippen molar-refractivity contribution in [3.05, 3.63) is 59.3 Å². The van der Waals surface area contributed by atoms with E-state index in [0.29, 0.717) is 0 Å². The number of aromatic nitrogens is 3. The van der Waals surface area contributed by atoms with E-state index in [2.05, 4.69) is 63.9 Å². The van der Waals surface area contributed by atoms with Crippen molar-refractivity contribution < 1.29 is 4.24 Å². The van der Waals surface area contributed by atoms with Gasteiger partial charge in [0, 0.05) is 19.3 Å². The topological polar surface area (TPSA) is 28.1 Å². The zero-order valence-corrected chi connectivity index (χ0v) is 11.7. The Labute approximate surface area is 116 Å². The number of fused-ring (bicyclic) bond motifs is 3. The summed E-state index contributed by atoms with van der Waals surface area (Å²) in [6, 6.07) is 12.7. The minimum Gasteiger partial charge on any atom is -0.286 e. The van der Waals surface area contributed by atoms with Crippen LogP contribution in [0.1, 0.15) is 5.56 Å². The molecule has 0 aliphatic carbocycles. The Kier molecular flexibility index (Phi) is 2.33. The number of imidazole rings is 1. The second-order valence-corrected chi connectivity index (χ2v) is 5.28. The Bertz CT molecular complexity index is 976. The van der Waals surface area contributed by atoms with E-state index in [9.17, 15) is 0 Å². The van der Waals surface area contributed by atoms with Crippen molar-refractivity contribution in [1.82, 2.24) is 9.13 Å². The predicted octanol–water partition coefficient (Wildman–Crippen LogP) is 1.29. The zero-order valence-electron chi connectivity index (χ0n) is 11.7. The molecule has 100 valence electrons. The molecule has 0 radical (unpaired) electrons. The van der Waals surface area contributed by atoms with Crippen LogP contribution >= 0.6 is 0 Å². The van der Waals surface area contributed by atoms with E-state index < -0.39 is 0 Å². The molecular weight excluding hydrogens is 248 g/mol. The molecule has 0 saturated heterocycles. The largest absolute Gasteiger partial charge is 0.355 e. The predicted molar refractivity (Wildman–Crippen MR) is 76.9 cm³/mol. The smallest absolute Gasteiger partial charge is 0.286 e. The normalized spacial score (nSPS) is 15.3. The van der Waals surface area contributed by atoms with Crippen molar-refractivity contribution in [2.45, 2.75) is 13.5 Å². The third kappa shape index (κ3) is 1.42. The number of aryl methyl sites for hydroxylation is 2. The van der Waals surface area contributed by atoms with E-state index in [1.54, 1.807) is 0 Å². The number of nitrogens with zero attached hydrogens (tertiary/aromatic N) is 4. The number of benzene rings is 1. The molecule has 3 aromatic rings. The van der Waals surface area contributed by atoms with Gasteiger partial charge in [-0.15, -0.1) is 4.99 Å². The summed E-state index contributed by atoms with van der Waals surface area (Å²) in [5.74, 6) is 0. The Morgan fingerprint density at radius 1 is 1.15 bits per heavy atom. The molecule has 2 aromatic heterocycles. The van der Waals surface area contributed by atoms with Gasteiger partial charge in [-0.2, -0.15) is 4.24 Å². The molecule has 4 heteroatoms. The average molecular weight is 265 g/mol. The molecule has 4 rings (SSSR count). The maximum absolute atomic E-state index is 4.71. The van der Waals surface area contributed by atoms with Gasteiger partial charge >= 0.3 is 5.62 Å². The quantitative estimate of drug-likeness (QED) is 0.548. The first-order chi connectivity index (χ1) is 9.77. The first-order valence-corrected chi connectivity index (χ1v) is 6.94. The monoisotopic (exact) mass is 265 g/mol. The molecule has 0 fully saturated rings. The van der Waals surface area contributed by atoms with Crippen molar-refractivity contribution in [3.63, 3.8) is 0 Å². The summed E-state index contributed by atoms with van der Waals surface area (Å²) in [6.07, 6.45) is 2.07. The Balaban J connectivity index is 2.46. The first kappa shape index (κ1) is 11.5. The van der Waals surface area contributed by atoms with Crippen LogP contribution < -0.4 is 9.86 Å². The van der Waals surface area contributed by atoms with Crippen molar-refractivity contribution in [3.8, 4) is 0 Å². The summed E-state index contributed by atoms with van der Waals surface area (Å²) < 4.78 is 6.73. The minimum absolute atomic E-state index is 0.871. The van der Waals surface area contributed by atoms with Gasteiger partial charge in [0.1, 0.15) is 17.6 Å². The Hall–Kier alpha value is -2.36. The maximum atomic E-state index is 4.71. The molecule has 1 aliphatic heterocycles. The fraction of sp³-hybridized carbons (Fsp3) is 0.250. The Morgan fingerprint density at radius 3 is 2.90 bits per heavy atom. The second-order valence-electron chi connectivity index (χ2n) is 5.28. The molecule has 0 saturated carbocycles. The summed E-state index contributed by atoms with van der Waals surface area (Å²) in [4.78, 5) is 4.71. The molecule has 1 aromatic carbocycles. The van der Waals surface area contributed by atoms with Crippen LogP contribution in [-0.4, -0.2) is 15.7 Å². The lowest BCUT2D eigenvalue weighted by Gasteiger charge is -1.97. The number of rotatable bonds is 0. The zero-order chi connectivity index (χ0) is 13.7. The van der Waals surface area contributed by atoms with Gasteiger partial charge in [-0.1, -0.05) is 18.2 Å². The molecule has 0 N–H and O–H groups in total. The molecule has 0 spiro atoms. The molecule has 0 amide bonds. The maximum Gasteiger partial charge on any atom is 0.355 e. The van der Waals surface area contributed by atoms with Gasteiger partial charge in [0.25, 0.3) is 0 Å². The van der Waals surface area contributed by atoms with E-state index in [1.165, 1.54) is 16.6 Å². The average Bonchev–Trinajstić information content (AvgIpc) is 3.01. The fourth-order valence-corrected chi connectivity index (χ4v) is 3.07. The Morgan fingerprint density at radius 2 is 2.05 bits per heavy atom.